The Hall–Kier alpha value is -1.94. The van der Waals surface area contributed by atoms with Crippen molar-refractivity contribution in [1.82, 2.24) is 9.88 Å². The highest BCUT2D eigenvalue weighted by atomic mass is 16.5. The monoisotopic (exact) mass is 298 g/mol. The second-order valence-electron chi connectivity index (χ2n) is 5.86. The van der Waals surface area contributed by atoms with E-state index in [1.807, 2.05) is 31.3 Å². The van der Waals surface area contributed by atoms with E-state index in [0.29, 0.717) is 13.2 Å². The summed E-state index contributed by atoms with van der Waals surface area (Å²) < 4.78 is 5.07. The number of nitrogens with zero attached hydrogens (tertiary/aromatic N) is 2. The Bertz CT molecular complexity index is 697. The quantitative estimate of drug-likeness (QED) is 0.797. The molecular formula is C18H22N2O2. The second kappa shape index (κ2) is 6.44. The lowest BCUT2D eigenvalue weighted by Gasteiger charge is -2.20. The third-order valence-corrected chi connectivity index (χ3v) is 4.32. The molecule has 1 aliphatic rings. The Labute approximate surface area is 131 Å². The standard InChI is InChI=1S/C18H22N2O2/c1-20(11-6-12-22-2)18(21)17-13-7-3-4-9-15(13)19-16-10-5-8-14(16)17/h3-4,7,9H,5-6,8,10-12H2,1-2H3. The third-order valence-electron chi connectivity index (χ3n) is 4.32. The molecule has 0 bridgehead atoms. The number of amides is 1. The Morgan fingerprint density at radius 2 is 2.14 bits per heavy atom. The highest BCUT2D eigenvalue weighted by Crippen LogP contribution is 2.30. The predicted molar refractivity (Wildman–Crippen MR) is 87.2 cm³/mol. The van der Waals surface area contributed by atoms with E-state index in [1.165, 1.54) is 0 Å². The van der Waals surface area contributed by atoms with E-state index in [1.54, 1.807) is 12.0 Å². The minimum Gasteiger partial charge on any atom is -0.385 e. The van der Waals surface area contributed by atoms with Crippen LogP contribution in [-0.4, -0.2) is 43.1 Å². The molecule has 22 heavy (non-hydrogen) atoms. The highest BCUT2D eigenvalue weighted by Gasteiger charge is 2.25. The van der Waals surface area contributed by atoms with Crippen molar-refractivity contribution in [2.45, 2.75) is 25.7 Å². The zero-order valence-corrected chi connectivity index (χ0v) is 13.3. The molecule has 0 unspecified atom stereocenters. The van der Waals surface area contributed by atoms with Gasteiger partial charge < -0.3 is 9.64 Å². The SMILES string of the molecule is COCCCN(C)C(=O)c1c2c(nc3ccccc13)CCC2. The van der Waals surface area contributed by atoms with Crippen molar-refractivity contribution in [3.8, 4) is 0 Å². The fourth-order valence-electron chi connectivity index (χ4n) is 3.19. The number of pyridine rings is 1. The number of aromatic nitrogens is 1. The van der Waals surface area contributed by atoms with Gasteiger partial charge in [-0.2, -0.15) is 0 Å². The van der Waals surface area contributed by atoms with Crippen LogP contribution >= 0.6 is 0 Å². The molecule has 0 atom stereocenters. The van der Waals surface area contributed by atoms with Gasteiger partial charge in [-0.05, 0) is 37.3 Å². The summed E-state index contributed by atoms with van der Waals surface area (Å²) in [6.07, 6.45) is 3.88. The first-order valence-electron chi connectivity index (χ1n) is 7.87. The average molecular weight is 298 g/mol. The van der Waals surface area contributed by atoms with E-state index in [4.69, 9.17) is 9.72 Å². The molecule has 3 rings (SSSR count). The third kappa shape index (κ3) is 2.71. The first-order valence-corrected chi connectivity index (χ1v) is 7.87. The zero-order valence-electron chi connectivity index (χ0n) is 13.3. The van der Waals surface area contributed by atoms with Gasteiger partial charge in [-0.25, -0.2) is 0 Å². The van der Waals surface area contributed by atoms with Crippen molar-refractivity contribution in [2.24, 2.45) is 0 Å². The molecule has 1 heterocycles. The summed E-state index contributed by atoms with van der Waals surface area (Å²) in [5.74, 6) is 0.104. The zero-order chi connectivity index (χ0) is 15.5. The Balaban J connectivity index is 2.00. The molecule has 0 saturated carbocycles. The number of methoxy groups -OCH3 is 1. The molecule has 0 fully saturated rings. The second-order valence-corrected chi connectivity index (χ2v) is 5.86. The van der Waals surface area contributed by atoms with E-state index in [0.717, 1.165) is 53.4 Å². The fourth-order valence-corrected chi connectivity index (χ4v) is 3.19. The number of aryl methyl sites for hydroxylation is 1. The van der Waals surface area contributed by atoms with Crippen LogP contribution in [0.25, 0.3) is 10.9 Å². The largest absolute Gasteiger partial charge is 0.385 e. The van der Waals surface area contributed by atoms with Gasteiger partial charge in [0.2, 0.25) is 0 Å². The Morgan fingerprint density at radius 3 is 2.95 bits per heavy atom. The van der Waals surface area contributed by atoms with Crippen LogP contribution in [0.1, 0.15) is 34.5 Å². The van der Waals surface area contributed by atoms with Crippen LogP contribution in [-0.2, 0) is 17.6 Å². The van der Waals surface area contributed by atoms with E-state index in [-0.39, 0.29) is 5.91 Å². The summed E-state index contributed by atoms with van der Waals surface area (Å²) >= 11 is 0. The van der Waals surface area contributed by atoms with Crippen LogP contribution < -0.4 is 0 Å². The molecule has 0 spiro atoms. The smallest absolute Gasteiger partial charge is 0.254 e. The minimum atomic E-state index is 0.104. The van der Waals surface area contributed by atoms with E-state index in [2.05, 4.69) is 0 Å². The molecule has 1 aliphatic carbocycles. The summed E-state index contributed by atoms with van der Waals surface area (Å²) in [6, 6.07) is 7.97. The van der Waals surface area contributed by atoms with Crippen molar-refractivity contribution in [3.05, 3.63) is 41.1 Å². The van der Waals surface area contributed by atoms with Crippen molar-refractivity contribution < 1.29 is 9.53 Å². The van der Waals surface area contributed by atoms with Gasteiger partial charge in [0, 0.05) is 38.4 Å². The molecule has 116 valence electrons. The van der Waals surface area contributed by atoms with Gasteiger partial charge in [-0.3, -0.25) is 9.78 Å². The van der Waals surface area contributed by atoms with Gasteiger partial charge in [0.05, 0.1) is 11.1 Å². The van der Waals surface area contributed by atoms with Gasteiger partial charge in [0.15, 0.2) is 0 Å². The number of benzene rings is 1. The van der Waals surface area contributed by atoms with Crippen LogP contribution in [0.3, 0.4) is 0 Å². The summed E-state index contributed by atoms with van der Waals surface area (Å²) in [5.41, 5.74) is 4.05. The molecule has 0 aliphatic heterocycles. The fraction of sp³-hybridized carbons (Fsp3) is 0.444. The van der Waals surface area contributed by atoms with Gasteiger partial charge in [-0.1, -0.05) is 18.2 Å². The van der Waals surface area contributed by atoms with Crippen molar-refractivity contribution >= 4 is 16.8 Å². The van der Waals surface area contributed by atoms with Crippen molar-refractivity contribution in [2.75, 3.05) is 27.3 Å². The molecule has 0 radical (unpaired) electrons. The number of ether oxygens (including phenoxy) is 1. The maximum atomic E-state index is 13.0. The summed E-state index contributed by atoms with van der Waals surface area (Å²) in [4.78, 5) is 19.5. The van der Waals surface area contributed by atoms with Gasteiger partial charge >= 0.3 is 0 Å². The maximum absolute atomic E-state index is 13.0. The number of carbonyl (C=O) groups excluding carboxylic acids is 1. The normalized spacial score (nSPS) is 13.4. The number of hydrogen-bond donors (Lipinski definition) is 0. The molecule has 2 aromatic rings. The topological polar surface area (TPSA) is 42.4 Å². The molecule has 0 saturated heterocycles. The lowest BCUT2D eigenvalue weighted by atomic mass is 10.00. The number of carbonyl (C=O) groups is 1. The first-order chi connectivity index (χ1) is 10.7. The van der Waals surface area contributed by atoms with Crippen molar-refractivity contribution in [3.63, 3.8) is 0 Å². The van der Waals surface area contributed by atoms with Crippen LogP contribution in [0.5, 0.6) is 0 Å². The number of hydrogen-bond acceptors (Lipinski definition) is 3. The number of para-hydroxylation sites is 1. The van der Waals surface area contributed by atoms with Crippen molar-refractivity contribution in [1.29, 1.82) is 0 Å². The maximum Gasteiger partial charge on any atom is 0.254 e. The highest BCUT2D eigenvalue weighted by molar-refractivity contribution is 6.07. The molecule has 0 N–H and O–H groups in total. The Morgan fingerprint density at radius 1 is 1.32 bits per heavy atom. The van der Waals surface area contributed by atoms with E-state index >= 15 is 0 Å². The molecule has 1 aromatic heterocycles. The minimum absolute atomic E-state index is 0.104. The van der Waals surface area contributed by atoms with Crippen LogP contribution in [0.15, 0.2) is 24.3 Å². The first kappa shape index (κ1) is 15.0. The van der Waals surface area contributed by atoms with Crippen LogP contribution in [0.4, 0.5) is 0 Å². The Kier molecular flexibility index (Phi) is 4.39. The van der Waals surface area contributed by atoms with Gasteiger partial charge in [-0.15, -0.1) is 0 Å². The van der Waals surface area contributed by atoms with Gasteiger partial charge in [0.1, 0.15) is 0 Å². The average Bonchev–Trinajstić information content (AvgIpc) is 2.99. The van der Waals surface area contributed by atoms with Crippen LogP contribution in [0.2, 0.25) is 0 Å². The summed E-state index contributed by atoms with van der Waals surface area (Å²) in [7, 11) is 3.56. The molecule has 1 aromatic carbocycles. The number of fused-ring (bicyclic) bond motifs is 2. The van der Waals surface area contributed by atoms with Gasteiger partial charge in [0.25, 0.3) is 5.91 Å². The molecular weight excluding hydrogens is 276 g/mol. The summed E-state index contributed by atoms with van der Waals surface area (Å²) in [5, 5.41) is 0.978. The lowest BCUT2D eigenvalue weighted by Crippen LogP contribution is -2.29. The van der Waals surface area contributed by atoms with E-state index < -0.39 is 0 Å². The summed E-state index contributed by atoms with van der Waals surface area (Å²) in [6.45, 7) is 1.38. The van der Waals surface area contributed by atoms with E-state index in [9.17, 15) is 4.79 Å². The predicted octanol–water partition coefficient (Wildman–Crippen LogP) is 2.83. The van der Waals surface area contributed by atoms with Crippen LogP contribution in [0, 0.1) is 0 Å². The lowest BCUT2D eigenvalue weighted by molar-refractivity contribution is 0.0780. The molecule has 4 nitrogen and oxygen atoms in total. The molecule has 1 amide bonds. The number of rotatable bonds is 5. The molecule has 4 heteroatoms.